The molecule has 0 N–H and O–H groups in total. The molecule has 11 heteroatoms. The van der Waals surface area contributed by atoms with Gasteiger partial charge in [-0.1, -0.05) is 0 Å². The van der Waals surface area contributed by atoms with Gasteiger partial charge in [0.1, 0.15) is 0 Å². The first kappa shape index (κ1) is 14.6. The molecule has 0 aliphatic carbocycles. The van der Waals surface area contributed by atoms with Crippen LogP contribution in [-0.4, -0.2) is 36.7 Å². The molecule has 0 radical (unpaired) electrons. The van der Waals surface area contributed by atoms with E-state index in [1.807, 2.05) is 0 Å². The molecule has 0 amide bonds. The Morgan fingerprint density at radius 1 is 0.812 bits per heavy atom. The van der Waals surface area contributed by atoms with Crippen LogP contribution in [0.15, 0.2) is 9.98 Å². The predicted molar refractivity (Wildman–Crippen MR) is 37.0 cm³/mol. The highest BCUT2D eigenvalue weighted by molar-refractivity contribution is 5.91. The standard InChI is InChI=1S/C5H3F8N3/c1-16(2(6)14-4(8,9)10)3(7)15-5(11,12)13/h1H3. The molecule has 0 spiro atoms. The Morgan fingerprint density at radius 3 is 1.25 bits per heavy atom. The second-order valence-electron chi connectivity index (χ2n) is 2.26. The molecule has 0 fully saturated rings. The van der Waals surface area contributed by atoms with Crippen molar-refractivity contribution in [3.05, 3.63) is 0 Å². The van der Waals surface area contributed by atoms with Gasteiger partial charge in [0, 0.05) is 7.05 Å². The summed E-state index contributed by atoms with van der Waals surface area (Å²) >= 11 is 0. The molecule has 0 saturated heterocycles. The lowest BCUT2D eigenvalue weighted by molar-refractivity contribution is -0.120. The lowest BCUT2D eigenvalue weighted by Gasteiger charge is -2.12. The Balaban J connectivity index is 4.89. The van der Waals surface area contributed by atoms with E-state index in [2.05, 4.69) is 0 Å². The third kappa shape index (κ3) is 6.14. The van der Waals surface area contributed by atoms with Crippen molar-refractivity contribution in [2.24, 2.45) is 9.98 Å². The Kier molecular flexibility index (Phi) is 4.21. The molecular formula is C5H3F8N3. The summed E-state index contributed by atoms with van der Waals surface area (Å²) in [7, 11) is 0.259. The average Bonchev–Trinajstić information content (AvgIpc) is 1.96. The van der Waals surface area contributed by atoms with E-state index >= 15 is 0 Å². The van der Waals surface area contributed by atoms with E-state index < -0.39 is 29.7 Å². The number of hydrogen-bond donors (Lipinski definition) is 0. The van der Waals surface area contributed by atoms with E-state index in [0.29, 0.717) is 0 Å². The molecule has 0 aliphatic rings. The maximum Gasteiger partial charge on any atom is 0.506 e. The zero-order valence-corrected chi connectivity index (χ0v) is 7.37. The average molecular weight is 257 g/mol. The molecule has 0 aromatic carbocycles. The summed E-state index contributed by atoms with van der Waals surface area (Å²) in [5.74, 6) is 0. The van der Waals surface area contributed by atoms with Gasteiger partial charge in [0.15, 0.2) is 0 Å². The fraction of sp³-hybridized carbons (Fsp3) is 0.600. The zero-order chi connectivity index (χ0) is 13.1. The van der Waals surface area contributed by atoms with Gasteiger partial charge in [-0.15, -0.1) is 36.3 Å². The molecule has 0 aliphatic heterocycles. The highest BCUT2D eigenvalue weighted by atomic mass is 19.4. The van der Waals surface area contributed by atoms with Crippen LogP contribution in [0.4, 0.5) is 35.1 Å². The first-order chi connectivity index (χ1) is 6.92. The normalized spacial score (nSPS) is 15.3. The van der Waals surface area contributed by atoms with Crippen molar-refractivity contribution < 1.29 is 35.1 Å². The van der Waals surface area contributed by atoms with Gasteiger partial charge < -0.3 is 0 Å². The largest absolute Gasteiger partial charge is 0.506 e. The minimum Gasteiger partial charge on any atom is -0.265 e. The molecule has 0 unspecified atom stereocenters. The van der Waals surface area contributed by atoms with Crippen molar-refractivity contribution in [3.63, 3.8) is 0 Å². The summed E-state index contributed by atoms with van der Waals surface area (Å²) in [5.41, 5.74) is 0. The van der Waals surface area contributed by atoms with Gasteiger partial charge in [-0.25, -0.2) is 0 Å². The second-order valence-corrected chi connectivity index (χ2v) is 2.26. The first-order valence-electron chi connectivity index (χ1n) is 3.30. The van der Waals surface area contributed by atoms with Crippen molar-refractivity contribution >= 4 is 12.2 Å². The number of alkyl halides is 6. The molecule has 0 atom stereocenters. The quantitative estimate of drug-likeness (QED) is 0.284. The fourth-order valence-electron chi connectivity index (χ4n) is 0.435. The number of rotatable bonds is 0. The second kappa shape index (κ2) is 4.61. The number of nitrogens with zero attached hydrogens (tertiary/aromatic N) is 3. The van der Waals surface area contributed by atoms with Gasteiger partial charge in [0.2, 0.25) is 0 Å². The molecule has 0 bridgehead atoms. The summed E-state index contributed by atoms with van der Waals surface area (Å²) in [4.78, 5) is 1.96. The van der Waals surface area contributed by atoms with Gasteiger partial charge in [-0.2, -0.15) is 8.78 Å². The Bertz CT molecular complexity index is 270. The molecule has 0 rings (SSSR count). The van der Waals surface area contributed by atoms with Gasteiger partial charge in [0.05, 0.1) is 0 Å². The molecule has 16 heavy (non-hydrogen) atoms. The van der Waals surface area contributed by atoms with Crippen molar-refractivity contribution in [2.45, 2.75) is 12.6 Å². The number of aliphatic imine (C=N–C) groups is 2. The van der Waals surface area contributed by atoms with Crippen molar-refractivity contribution in [2.75, 3.05) is 7.05 Å². The van der Waals surface area contributed by atoms with Crippen LogP contribution in [-0.2, 0) is 0 Å². The molecule has 0 aromatic heterocycles. The van der Waals surface area contributed by atoms with Crippen LogP contribution in [0.2, 0.25) is 0 Å². The van der Waals surface area contributed by atoms with Crippen LogP contribution in [0.5, 0.6) is 0 Å². The maximum atomic E-state index is 12.4. The Hall–Kier alpha value is -1.42. The van der Waals surface area contributed by atoms with Crippen LogP contribution in [0.25, 0.3) is 0 Å². The topological polar surface area (TPSA) is 28.0 Å². The van der Waals surface area contributed by atoms with E-state index in [1.54, 1.807) is 0 Å². The molecular weight excluding hydrogens is 254 g/mol. The summed E-state index contributed by atoms with van der Waals surface area (Å²) in [6.07, 6.45) is -15.7. The van der Waals surface area contributed by atoms with E-state index in [-0.39, 0.29) is 7.05 Å². The minimum atomic E-state index is -5.36. The third-order valence-corrected chi connectivity index (χ3v) is 0.992. The lowest BCUT2D eigenvalue weighted by atomic mass is 10.8. The first-order valence-corrected chi connectivity index (χ1v) is 3.30. The lowest BCUT2D eigenvalue weighted by Crippen LogP contribution is -2.30. The monoisotopic (exact) mass is 257 g/mol. The molecule has 0 heterocycles. The van der Waals surface area contributed by atoms with E-state index in [0.717, 1.165) is 0 Å². The third-order valence-electron chi connectivity index (χ3n) is 0.992. The fourth-order valence-corrected chi connectivity index (χ4v) is 0.435. The van der Waals surface area contributed by atoms with Crippen LogP contribution in [0, 0.1) is 0 Å². The summed E-state index contributed by atoms with van der Waals surface area (Å²) in [5, 5.41) is 0. The summed E-state index contributed by atoms with van der Waals surface area (Å²) in [6, 6.07) is 0. The van der Waals surface area contributed by atoms with Crippen LogP contribution < -0.4 is 0 Å². The minimum absolute atomic E-state index is 0.259. The highest BCUT2D eigenvalue weighted by Gasteiger charge is 2.32. The van der Waals surface area contributed by atoms with Crippen LogP contribution in [0.1, 0.15) is 0 Å². The predicted octanol–water partition coefficient (Wildman–Crippen LogP) is 2.61. The van der Waals surface area contributed by atoms with Gasteiger partial charge in [0.25, 0.3) is 12.2 Å². The Labute approximate surface area is 83.1 Å². The smallest absolute Gasteiger partial charge is 0.265 e. The van der Waals surface area contributed by atoms with Gasteiger partial charge in [-0.3, -0.25) is 4.90 Å². The molecule has 94 valence electrons. The van der Waals surface area contributed by atoms with Crippen molar-refractivity contribution in [1.82, 2.24) is 4.90 Å². The van der Waals surface area contributed by atoms with Crippen molar-refractivity contribution in [1.29, 1.82) is 0 Å². The Morgan fingerprint density at radius 2 is 1.06 bits per heavy atom. The molecule has 0 saturated carbocycles. The highest BCUT2D eigenvalue weighted by Crippen LogP contribution is 2.19. The zero-order valence-electron chi connectivity index (χ0n) is 7.37. The summed E-state index contributed by atoms with van der Waals surface area (Å²) in [6.45, 7) is 0. The summed E-state index contributed by atoms with van der Waals surface area (Å²) < 4.78 is 93.3. The maximum absolute atomic E-state index is 12.4. The van der Waals surface area contributed by atoms with E-state index in [1.165, 1.54) is 9.98 Å². The van der Waals surface area contributed by atoms with Crippen molar-refractivity contribution in [3.8, 4) is 0 Å². The van der Waals surface area contributed by atoms with Gasteiger partial charge in [-0.05, 0) is 0 Å². The van der Waals surface area contributed by atoms with E-state index in [4.69, 9.17) is 0 Å². The SMILES string of the molecule is CN(C(F)=NC(F)(F)F)C(F)=NC(F)(F)F. The number of halogens is 8. The number of amidine groups is 2. The van der Waals surface area contributed by atoms with Crippen LogP contribution in [0.3, 0.4) is 0 Å². The van der Waals surface area contributed by atoms with E-state index in [9.17, 15) is 35.1 Å². The van der Waals surface area contributed by atoms with Crippen LogP contribution >= 0.6 is 0 Å². The van der Waals surface area contributed by atoms with Gasteiger partial charge >= 0.3 is 12.6 Å². The molecule has 0 aromatic rings. The molecule has 3 nitrogen and oxygen atoms in total. The number of hydrogen-bond acceptors (Lipinski definition) is 2.